The molecule has 7 heteroatoms. The van der Waals surface area contributed by atoms with Crippen LogP contribution in [0.25, 0.3) is 0 Å². The molecular weight excluding hydrogens is 202 g/mol. The fourth-order valence-electron chi connectivity index (χ4n) is 0.871. The molecule has 0 unspecified atom stereocenters. The van der Waals surface area contributed by atoms with E-state index in [4.69, 9.17) is 5.73 Å². The van der Waals surface area contributed by atoms with Crippen molar-refractivity contribution >= 4 is 28.5 Å². The van der Waals surface area contributed by atoms with Crippen molar-refractivity contribution in [3.8, 4) is 0 Å². The van der Waals surface area contributed by atoms with Gasteiger partial charge in [0.2, 0.25) is 17.0 Å². The normalized spacial score (nSPS) is 9.86. The van der Waals surface area contributed by atoms with E-state index in [0.29, 0.717) is 13.0 Å². The van der Waals surface area contributed by atoms with E-state index >= 15 is 0 Å². The SMILES string of the molecule is CNC(=O)CCN(C)c1nc(N)ns1. The molecule has 0 saturated heterocycles. The van der Waals surface area contributed by atoms with Crippen LogP contribution in [0, 0.1) is 0 Å². The van der Waals surface area contributed by atoms with Gasteiger partial charge in [-0.25, -0.2) is 0 Å². The van der Waals surface area contributed by atoms with E-state index in [1.54, 1.807) is 7.05 Å². The molecule has 0 saturated carbocycles. The third kappa shape index (κ3) is 2.84. The van der Waals surface area contributed by atoms with Crippen LogP contribution in [0.5, 0.6) is 0 Å². The van der Waals surface area contributed by atoms with E-state index in [-0.39, 0.29) is 11.9 Å². The van der Waals surface area contributed by atoms with Gasteiger partial charge in [-0.1, -0.05) is 0 Å². The smallest absolute Gasteiger partial charge is 0.233 e. The Kier molecular flexibility index (Phi) is 3.63. The summed E-state index contributed by atoms with van der Waals surface area (Å²) in [6, 6.07) is 0. The van der Waals surface area contributed by atoms with E-state index in [1.807, 2.05) is 11.9 Å². The molecule has 3 N–H and O–H groups in total. The molecule has 0 aliphatic rings. The average molecular weight is 215 g/mol. The predicted molar refractivity (Wildman–Crippen MR) is 56.3 cm³/mol. The van der Waals surface area contributed by atoms with E-state index in [2.05, 4.69) is 14.7 Å². The van der Waals surface area contributed by atoms with Crippen molar-refractivity contribution < 1.29 is 4.79 Å². The molecule has 6 nitrogen and oxygen atoms in total. The first-order valence-electron chi connectivity index (χ1n) is 4.14. The Morgan fingerprint density at radius 2 is 2.43 bits per heavy atom. The minimum absolute atomic E-state index is 0.00865. The molecule has 1 aromatic heterocycles. The highest BCUT2D eigenvalue weighted by Crippen LogP contribution is 2.16. The van der Waals surface area contributed by atoms with Crippen LogP contribution in [0.1, 0.15) is 6.42 Å². The first kappa shape index (κ1) is 10.7. The zero-order chi connectivity index (χ0) is 10.6. The number of amides is 1. The summed E-state index contributed by atoms with van der Waals surface area (Å²) in [5.41, 5.74) is 5.38. The van der Waals surface area contributed by atoms with Gasteiger partial charge in [-0.05, 0) is 0 Å². The van der Waals surface area contributed by atoms with Crippen LogP contribution in [0.3, 0.4) is 0 Å². The van der Waals surface area contributed by atoms with Crippen molar-refractivity contribution in [1.29, 1.82) is 0 Å². The molecule has 0 atom stereocenters. The second kappa shape index (κ2) is 4.75. The maximum atomic E-state index is 11.0. The van der Waals surface area contributed by atoms with Gasteiger partial charge in [-0.2, -0.15) is 9.36 Å². The van der Waals surface area contributed by atoms with Gasteiger partial charge in [-0.3, -0.25) is 4.79 Å². The van der Waals surface area contributed by atoms with E-state index < -0.39 is 0 Å². The highest BCUT2D eigenvalue weighted by Gasteiger charge is 2.08. The molecule has 1 aromatic rings. The number of nitrogens with one attached hydrogen (secondary N) is 1. The second-order valence-electron chi connectivity index (χ2n) is 2.78. The number of aromatic nitrogens is 2. The lowest BCUT2D eigenvalue weighted by Crippen LogP contribution is -2.26. The molecule has 14 heavy (non-hydrogen) atoms. The molecule has 0 bridgehead atoms. The first-order valence-corrected chi connectivity index (χ1v) is 4.91. The summed E-state index contributed by atoms with van der Waals surface area (Å²) in [5, 5.41) is 3.28. The number of nitrogens with two attached hydrogens (primary N) is 1. The first-order chi connectivity index (χ1) is 6.63. The summed E-state index contributed by atoms with van der Waals surface area (Å²) in [6.45, 7) is 0.605. The molecule has 0 fully saturated rings. The highest BCUT2D eigenvalue weighted by atomic mass is 32.1. The van der Waals surface area contributed by atoms with E-state index in [9.17, 15) is 4.79 Å². The average Bonchev–Trinajstić information content (AvgIpc) is 2.60. The molecule has 1 heterocycles. The molecule has 0 radical (unpaired) electrons. The number of anilines is 2. The Morgan fingerprint density at radius 3 is 2.93 bits per heavy atom. The van der Waals surface area contributed by atoms with Crippen molar-refractivity contribution in [3.05, 3.63) is 0 Å². The summed E-state index contributed by atoms with van der Waals surface area (Å²) in [6.07, 6.45) is 0.437. The van der Waals surface area contributed by atoms with E-state index in [0.717, 1.165) is 5.13 Å². The van der Waals surface area contributed by atoms with Crippen molar-refractivity contribution in [2.24, 2.45) is 0 Å². The number of carbonyl (C=O) groups is 1. The van der Waals surface area contributed by atoms with Crippen LogP contribution in [0.4, 0.5) is 11.1 Å². The maximum absolute atomic E-state index is 11.0. The molecule has 1 amide bonds. The molecule has 0 aliphatic carbocycles. The van der Waals surface area contributed by atoms with Crippen LogP contribution in [-0.2, 0) is 4.79 Å². The lowest BCUT2D eigenvalue weighted by molar-refractivity contribution is -0.120. The minimum Gasteiger partial charge on any atom is -0.367 e. The molecule has 78 valence electrons. The standard InChI is InChI=1S/C7H13N5OS/c1-9-5(13)3-4-12(2)7-10-6(8)11-14-7/h3-4H2,1-2H3,(H2,8,11)(H,9,13). The van der Waals surface area contributed by atoms with Crippen LogP contribution < -0.4 is 16.0 Å². The summed E-state index contributed by atoms with van der Waals surface area (Å²) in [5.74, 6) is 0.283. The second-order valence-corrected chi connectivity index (χ2v) is 3.51. The van der Waals surface area contributed by atoms with Crippen LogP contribution in [-0.4, -0.2) is 35.9 Å². The molecule has 0 spiro atoms. The van der Waals surface area contributed by atoms with Crippen molar-refractivity contribution in [2.75, 3.05) is 31.3 Å². The Balaban J connectivity index is 2.42. The van der Waals surface area contributed by atoms with Gasteiger partial charge in [0.1, 0.15) is 0 Å². The molecule has 0 aliphatic heterocycles. The summed E-state index contributed by atoms with van der Waals surface area (Å²) < 4.78 is 3.85. The minimum atomic E-state index is 0.00865. The van der Waals surface area contributed by atoms with Gasteiger partial charge in [-0.15, -0.1) is 0 Å². The van der Waals surface area contributed by atoms with Gasteiger partial charge < -0.3 is 16.0 Å². The fraction of sp³-hybridized carbons (Fsp3) is 0.571. The lowest BCUT2D eigenvalue weighted by atomic mass is 10.4. The van der Waals surface area contributed by atoms with Crippen molar-refractivity contribution in [1.82, 2.24) is 14.7 Å². The van der Waals surface area contributed by atoms with Crippen LogP contribution in [0.15, 0.2) is 0 Å². The zero-order valence-corrected chi connectivity index (χ0v) is 8.97. The van der Waals surface area contributed by atoms with E-state index in [1.165, 1.54) is 11.5 Å². The number of nitrogens with zero attached hydrogens (tertiary/aromatic N) is 3. The van der Waals surface area contributed by atoms with Gasteiger partial charge >= 0.3 is 0 Å². The summed E-state index contributed by atoms with van der Waals surface area (Å²) in [7, 11) is 3.47. The van der Waals surface area contributed by atoms with Crippen molar-refractivity contribution in [2.45, 2.75) is 6.42 Å². The highest BCUT2D eigenvalue weighted by molar-refractivity contribution is 7.09. The quantitative estimate of drug-likeness (QED) is 0.720. The fourth-order valence-corrected chi connectivity index (χ4v) is 1.45. The maximum Gasteiger partial charge on any atom is 0.233 e. The topological polar surface area (TPSA) is 84.1 Å². The Bertz CT molecular complexity index is 313. The van der Waals surface area contributed by atoms with Crippen LogP contribution >= 0.6 is 11.5 Å². The van der Waals surface area contributed by atoms with Crippen LogP contribution in [0.2, 0.25) is 0 Å². The number of hydrogen-bond donors (Lipinski definition) is 2. The Labute approximate surface area is 86.3 Å². The molecular formula is C7H13N5OS. The number of rotatable bonds is 4. The third-order valence-electron chi connectivity index (χ3n) is 1.71. The number of carbonyl (C=O) groups excluding carboxylic acids is 1. The number of hydrogen-bond acceptors (Lipinski definition) is 6. The van der Waals surface area contributed by atoms with Gasteiger partial charge in [0.25, 0.3) is 0 Å². The van der Waals surface area contributed by atoms with Gasteiger partial charge in [0.15, 0.2) is 0 Å². The lowest BCUT2D eigenvalue weighted by Gasteiger charge is -2.13. The van der Waals surface area contributed by atoms with Gasteiger partial charge in [0, 0.05) is 38.6 Å². The van der Waals surface area contributed by atoms with Gasteiger partial charge in [0.05, 0.1) is 0 Å². The third-order valence-corrected chi connectivity index (χ3v) is 2.56. The largest absolute Gasteiger partial charge is 0.367 e. The molecule has 1 rings (SSSR count). The monoisotopic (exact) mass is 215 g/mol. The number of nitrogen functional groups attached to an aromatic ring is 1. The Hall–Kier alpha value is -1.37. The zero-order valence-electron chi connectivity index (χ0n) is 8.15. The summed E-state index contributed by atoms with van der Waals surface area (Å²) >= 11 is 1.23. The predicted octanol–water partition coefficient (Wildman–Crippen LogP) is -0.307. The summed E-state index contributed by atoms with van der Waals surface area (Å²) in [4.78, 5) is 16.8. The Morgan fingerprint density at radius 1 is 1.71 bits per heavy atom. The van der Waals surface area contributed by atoms with Crippen molar-refractivity contribution in [3.63, 3.8) is 0 Å². The molecule has 0 aromatic carbocycles.